The second-order valence-electron chi connectivity index (χ2n) is 3.77. The Labute approximate surface area is 107 Å². The Morgan fingerprint density at radius 3 is 1.89 bits per heavy atom. The first kappa shape index (κ1) is 16.4. The highest BCUT2D eigenvalue weighted by Gasteiger charge is 2.29. The normalized spacial score (nSPS) is 13.3. The predicted octanol–water partition coefficient (Wildman–Crippen LogP) is 1.56. The van der Waals surface area contributed by atoms with Gasteiger partial charge in [0.2, 0.25) is 0 Å². The molecule has 0 amide bonds. The second-order valence-corrected chi connectivity index (χ2v) is 3.77. The largest absolute Gasteiger partial charge is 0.455 e. The molecule has 104 valence electrons. The van der Waals surface area contributed by atoms with Crippen molar-refractivity contribution in [2.45, 2.75) is 59.4 Å². The monoisotopic (exact) mass is 260 g/mol. The average Bonchev–Trinajstić information content (AvgIpc) is 2.24. The SMILES string of the molecule is CCCC(=O)OC(OC(C)=O)C(CC)OC(C)=O. The van der Waals surface area contributed by atoms with Gasteiger partial charge < -0.3 is 14.2 Å². The van der Waals surface area contributed by atoms with Gasteiger partial charge in [-0.25, -0.2) is 0 Å². The fourth-order valence-corrected chi connectivity index (χ4v) is 1.28. The predicted molar refractivity (Wildman–Crippen MR) is 62.4 cm³/mol. The van der Waals surface area contributed by atoms with E-state index < -0.39 is 30.3 Å². The van der Waals surface area contributed by atoms with Gasteiger partial charge in [0.1, 0.15) is 0 Å². The van der Waals surface area contributed by atoms with Crippen molar-refractivity contribution in [2.75, 3.05) is 0 Å². The molecule has 0 aromatic rings. The smallest absolute Gasteiger partial charge is 0.308 e. The lowest BCUT2D eigenvalue weighted by molar-refractivity contribution is -0.213. The van der Waals surface area contributed by atoms with E-state index in [0.717, 1.165) is 0 Å². The van der Waals surface area contributed by atoms with Crippen molar-refractivity contribution in [3.8, 4) is 0 Å². The van der Waals surface area contributed by atoms with Crippen LogP contribution in [0, 0.1) is 0 Å². The third-order valence-corrected chi connectivity index (χ3v) is 2.01. The van der Waals surface area contributed by atoms with Gasteiger partial charge in [0, 0.05) is 20.3 Å². The lowest BCUT2D eigenvalue weighted by Crippen LogP contribution is -2.37. The Morgan fingerprint density at radius 1 is 0.944 bits per heavy atom. The fraction of sp³-hybridized carbons (Fsp3) is 0.750. The van der Waals surface area contributed by atoms with Gasteiger partial charge in [-0.05, 0) is 12.8 Å². The summed E-state index contributed by atoms with van der Waals surface area (Å²) < 4.78 is 14.8. The van der Waals surface area contributed by atoms with Gasteiger partial charge in [-0.15, -0.1) is 0 Å². The first-order chi connectivity index (χ1) is 8.40. The summed E-state index contributed by atoms with van der Waals surface area (Å²) in [4.78, 5) is 33.2. The van der Waals surface area contributed by atoms with Crippen molar-refractivity contribution in [2.24, 2.45) is 0 Å². The molecule has 0 saturated carbocycles. The van der Waals surface area contributed by atoms with Crippen LogP contribution in [0.5, 0.6) is 0 Å². The number of hydrogen-bond acceptors (Lipinski definition) is 6. The molecule has 18 heavy (non-hydrogen) atoms. The number of carbonyl (C=O) groups is 3. The lowest BCUT2D eigenvalue weighted by Gasteiger charge is -2.24. The van der Waals surface area contributed by atoms with E-state index in [9.17, 15) is 14.4 Å². The Kier molecular flexibility index (Phi) is 7.74. The third-order valence-electron chi connectivity index (χ3n) is 2.01. The van der Waals surface area contributed by atoms with Crippen molar-refractivity contribution >= 4 is 17.9 Å². The molecule has 0 fully saturated rings. The van der Waals surface area contributed by atoms with Gasteiger partial charge in [-0.1, -0.05) is 13.8 Å². The van der Waals surface area contributed by atoms with Crippen LogP contribution in [0.4, 0.5) is 0 Å². The summed E-state index contributed by atoms with van der Waals surface area (Å²) in [5.41, 5.74) is 0. The molecule has 0 bridgehead atoms. The Balaban J connectivity index is 4.66. The van der Waals surface area contributed by atoms with Crippen LogP contribution in [-0.2, 0) is 28.6 Å². The van der Waals surface area contributed by atoms with E-state index in [1.165, 1.54) is 13.8 Å². The van der Waals surface area contributed by atoms with Crippen LogP contribution in [0.2, 0.25) is 0 Å². The van der Waals surface area contributed by atoms with E-state index in [0.29, 0.717) is 12.8 Å². The van der Waals surface area contributed by atoms with E-state index >= 15 is 0 Å². The summed E-state index contributed by atoms with van der Waals surface area (Å²) in [6, 6.07) is 0. The minimum atomic E-state index is -1.18. The zero-order valence-corrected chi connectivity index (χ0v) is 11.2. The number of hydrogen-bond donors (Lipinski definition) is 0. The molecule has 0 aliphatic carbocycles. The van der Waals surface area contributed by atoms with Crippen LogP contribution in [0.1, 0.15) is 47.0 Å². The molecule has 0 aliphatic heterocycles. The lowest BCUT2D eigenvalue weighted by atomic mass is 10.2. The van der Waals surface area contributed by atoms with Crippen molar-refractivity contribution in [1.82, 2.24) is 0 Å². The van der Waals surface area contributed by atoms with Crippen LogP contribution < -0.4 is 0 Å². The maximum atomic E-state index is 11.4. The quantitative estimate of drug-likeness (QED) is 0.510. The molecule has 2 unspecified atom stereocenters. The van der Waals surface area contributed by atoms with Crippen molar-refractivity contribution in [1.29, 1.82) is 0 Å². The first-order valence-corrected chi connectivity index (χ1v) is 5.94. The van der Waals surface area contributed by atoms with E-state index in [4.69, 9.17) is 14.2 Å². The molecule has 0 radical (unpaired) electrons. The molecule has 0 heterocycles. The minimum absolute atomic E-state index is 0.217. The van der Waals surface area contributed by atoms with Gasteiger partial charge in [-0.3, -0.25) is 14.4 Å². The maximum absolute atomic E-state index is 11.4. The highest BCUT2D eigenvalue weighted by atomic mass is 16.7. The second kappa shape index (κ2) is 8.49. The van der Waals surface area contributed by atoms with Gasteiger partial charge in [0.05, 0.1) is 0 Å². The summed E-state index contributed by atoms with van der Waals surface area (Å²) in [5.74, 6) is -1.62. The standard InChI is InChI=1S/C12H20O6/c1-5-7-11(15)18-12(17-9(4)14)10(6-2)16-8(3)13/h10,12H,5-7H2,1-4H3. The molecule has 6 heteroatoms. The number of esters is 3. The summed E-state index contributed by atoms with van der Waals surface area (Å²) in [6.07, 6.45) is -0.760. The number of ether oxygens (including phenoxy) is 3. The minimum Gasteiger partial charge on any atom is -0.455 e. The topological polar surface area (TPSA) is 78.9 Å². The summed E-state index contributed by atoms with van der Waals surface area (Å²) in [5, 5.41) is 0. The molecule has 0 aliphatic rings. The molecular formula is C12H20O6. The van der Waals surface area contributed by atoms with Gasteiger partial charge in [0.15, 0.2) is 6.10 Å². The number of rotatable bonds is 7. The molecule has 0 N–H and O–H groups in total. The molecule has 0 aromatic carbocycles. The van der Waals surface area contributed by atoms with Crippen molar-refractivity contribution in [3.63, 3.8) is 0 Å². The van der Waals surface area contributed by atoms with Crippen LogP contribution in [0.15, 0.2) is 0 Å². The fourth-order valence-electron chi connectivity index (χ4n) is 1.28. The zero-order chi connectivity index (χ0) is 14.1. The highest BCUT2D eigenvalue weighted by molar-refractivity contribution is 5.70. The van der Waals surface area contributed by atoms with E-state index in [1.54, 1.807) is 6.92 Å². The molecule has 0 rings (SSSR count). The van der Waals surface area contributed by atoms with Crippen LogP contribution in [0.3, 0.4) is 0 Å². The Bertz CT molecular complexity index is 299. The van der Waals surface area contributed by atoms with Gasteiger partial charge >= 0.3 is 17.9 Å². The molecule has 0 aromatic heterocycles. The van der Waals surface area contributed by atoms with Crippen LogP contribution in [-0.4, -0.2) is 30.3 Å². The molecule has 0 spiro atoms. The van der Waals surface area contributed by atoms with Gasteiger partial charge in [-0.2, -0.15) is 0 Å². The molecular weight excluding hydrogens is 240 g/mol. The summed E-state index contributed by atoms with van der Waals surface area (Å²) in [6.45, 7) is 5.99. The third kappa shape index (κ3) is 6.88. The summed E-state index contributed by atoms with van der Waals surface area (Å²) >= 11 is 0. The van der Waals surface area contributed by atoms with Crippen molar-refractivity contribution in [3.05, 3.63) is 0 Å². The van der Waals surface area contributed by atoms with Crippen LogP contribution in [0.25, 0.3) is 0 Å². The molecule has 2 atom stereocenters. The van der Waals surface area contributed by atoms with E-state index in [1.807, 2.05) is 6.92 Å². The van der Waals surface area contributed by atoms with Gasteiger partial charge in [0.25, 0.3) is 6.29 Å². The van der Waals surface area contributed by atoms with Crippen molar-refractivity contribution < 1.29 is 28.6 Å². The van der Waals surface area contributed by atoms with E-state index in [2.05, 4.69) is 0 Å². The Hall–Kier alpha value is -1.59. The highest BCUT2D eigenvalue weighted by Crippen LogP contribution is 2.12. The molecule has 0 saturated heterocycles. The van der Waals surface area contributed by atoms with Crippen LogP contribution >= 0.6 is 0 Å². The zero-order valence-electron chi connectivity index (χ0n) is 11.2. The first-order valence-electron chi connectivity index (χ1n) is 5.94. The Morgan fingerprint density at radius 2 is 1.50 bits per heavy atom. The average molecular weight is 260 g/mol. The maximum Gasteiger partial charge on any atom is 0.308 e. The summed E-state index contributed by atoms with van der Waals surface area (Å²) in [7, 11) is 0. The molecule has 6 nitrogen and oxygen atoms in total. The van der Waals surface area contributed by atoms with E-state index in [-0.39, 0.29) is 6.42 Å². The number of carbonyl (C=O) groups excluding carboxylic acids is 3.